The van der Waals surface area contributed by atoms with Crippen LogP contribution in [0.4, 0.5) is 4.39 Å². The minimum atomic E-state index is -0.262. The van der Waals surface area contributed by atoms with E-state index in [9.17, 15) is 9.18 Å². The zero-order chi connectivity index (χ0) is 16.8. The summed E-state index contributed by atoms with van der Waals surface area (Å²) in [6.45, 7) is 6.15. The molecule has 0 aliphatic heterocycles. The van der Waals surface area contributed by atoms with Gasteiger partial charge in [-0.05, 0) is 42.5 Å². The lowest BCUT2D eigenvalue weighted by molar-refractivity contribution is -0.122. The van der Waals surface area contributed by atoms with Crippen molar-refractivity contribution >= 4 is 5.91 Å². The molecule has 0 saturated heterocycles. The first-order valence-corrected chi connectivity index (χ1v) is 8.06. The van der Waals surface area contributed by atoms with Crippen LogP contribution in [-0.2, 0) is 11.2 Å². The molecule has 3 heteroatoms. The van der Waals surface area contributed by atoms with E-state index in [0.717, 1.165) is 17.5 Å². The molecule has 1 unspecified atom stereocenters. The SMILES string of the molecule is Cc1ccc(CCC(=O)NC(c2ccc(F)cc2)C(C)C)cc1. The van der Waals surface area contributed by atoms with Gasteiger partial charge < -0.3 is 5.32 Å². The fourth-order valence-corrected chi connectivity index (χ4v) is 2.56. The Labute approximate surface area is 137 Å². The molecule has 23 heavy (non-hydrogen) atoms. The van der Waals surface area contributed by atoms with Crippen molar-refractivity contribution in [3.63, 3.8) is 0 Å². The Morgan fingerprint density at radius 1 is 1.04 bits per heavy atom. The van der Waals surface area contributed by atoms with E-state index < -0.39 is 0 Å². The molecule has 1 atom stereocenters. The molecular weight excluding hydrogens is 289 g/mol. The summed E-state index contributed by atoms with van der Waals surface area (Å²) in [5.41, 5.74) is 3.31. The summed E-state index contributed by atoms with van der Waals surface area (Å²) in [5, 5.41) is 3.07. The van der Waals surface area contributed by atoms with Crippen molar-refractivity contribution in [1.82, 2.24) is 5.32 Å². The van der Waals surface area contributed by atoms with Gasteiger partial charge in [0.2, 0.25) is 5.91 Å². The monoisotopic (exact) mass is 313 g/mol. The third-order valence-electron chi connectivity index (χ3n) is 3.97. The topological polar surface area (TPSA) is 29.1 Å². The Morgan fingerprint density at radius 3 is 2.22 bits per heavy atom. The molecule has 0 fully saturated rings. The number of amides is 1. The second kappa shape index (κ2) is 7.91. The molecule has 0 saturated carbocycles. The molecule has 0 spiro atoms. The van der Waals surface area contributed by atoms with Crippen LogP contribution < -0.4 is 5.32 Å². The van der Waals surface area contributed by atoms with Crippen molar-refractivity contribution in [3.8, 4) is 0 Å². The lowest BCUT2D eigenvalue weighted by Gasteiger charge is -2.23. The normalized spacial score (nSPS) is 12.2. The summed E-state index contributed by atoms with van der Waals surface area (Å²) in [6, 6.07) is 14.5. The molecule has 0 aromatic heterocycles. The van der Waals surface area contributed by atoms with Crippen LogP contribution in [0.3, 0.4) is 0 Å². The van der Waals surface area contributed by atoms with Gasteiger partial charge in [0.15, 0.2) is 0 Å². The van der Waals surface area contributed by atoms with Gasteiger partial charge in [-0.3, -0.25) is 4.79 Å². The molecular formula is C20H24FNO. The van der Waals surface area contributed by atoms with Gasteiger partial charge >= 0.3 is 0 Å². The molecule has 2 aromatic rings. The van der Waals surface area contributed by atoms with Gasteiger partial charge in [0.05, 0.1) is 6.04 Å². The van der Waals surface area contributed by atoms with Gasteiger partial charge in [0, 0.05) is 6.42 Å². The fourth-order valence-electron chi connectivity index (χ4n) is 2.56. The maximum Gasteiger partial charge on any atom is 0.220 e. The highest BCUT2D eigenvalue weighted by molar-refractivity contribution is 5.76. The van der Waals surface area contributed by atoms with E-state index in [1.165, 1.54) is 17.7 Å². The maximum atomic E-state index is 13.1. The average Bonchev–Trinajstić information content (AvgIpc) is 2.53. The van der Waals surface area contributed by atoms with Crippen LogP contribution in [0.1, 0.15) is 43.0 Å². The third kappa shape index (κ3) is 5.20. The molecule has 0 radical (unpaired) electrons. The van der Waals surface area contributed by atoms with E-state index in [0.29, 0.717) is 6.42 Å². The van der Waals surface area contributed by atoms with E-state index in [1.807, 2.05) is 20.8 Å². The van der Waals surface area contributed by atoms with Crippen LogP contribution >= 0.6 is 0 Å². The van der Waals surface area contributed by atoms with Gasteiger partial charge in [0.25, 0.3) is 0 Å². The average molecular weight is 313 g/mol. The highest BCUT2D eigenvalue weighted by atomic mass is 19.1. The molecule has 2 rings (SSSR count). The van der Waals surface area contributed by atoms with E-state index in [2.05, 4.69) is 29.6 Å². The molecule has 122 valence electrons. The van der Waals surface area contributed by atoms with Crippen molar-refractivity contribution in [2.75, 3.05) is 0 Å². The van der Waals surface area contributed by atoms with Crippen LogP contribution in [0.25, 0.3) is 0 Å². The second-order valence-corrected chi connectivity index (χ2v) is 6.33. The Balaban J connectivity index is 1.95. The van der Waals surface area contributed by atoms with Crippen LogP contribution in [0.5, 0.6) is 0 Å². The quantitative estimate of drug-likeness (QED) is 0.831. The van der Waals surface area contributed by atoms with Crippen LogP contribution in [-0.4, -0.2) is 5.91 Å². The molecule has 2 aromatic carbocycles. The number of nitrogens with one attached hydrogen (secondary N) is 1. The Kier molecular flexibility index (Phi) is 5.91. The largest absolute Gasteiger partial charge is 0.349 e. The van der Waals surface area contributed by atoms with Crippen LogP contribution in [0.15, 0.2) is 48.5 Å². The first-order valence-electron chi connectivity index (χ1n) is 8.06. The Bertz CT molecular complexity index is 632. The molecule has 0 aliphatic carbocycles. The smallest absolute Gasteiger partial charge is 0.220 e. The minimum Gasteiger partial charge on any atom is -0.349 e. The number of carbonyl (C=O) groups is 1. The fraction of sp³-hybridized carbons (Fsp3) is 0.350. The number of halogens is 1. The number of carbonyl (C=O) groups excluding carboxylic acids is 1. The van der Waals surface area contributed by atoms with Gasteiger partial charge in [-0.25, -0.2) is 4.39 Å². The van der Waals surface area contributed by atoms with E-state index >= 15 is 0 Å². The second-order valence-electron chi connectivity index (χ2n) is 6.33. The highest BCUT2D eigenvalue weighted by Crippen LogP contribution is 2.22. The van der Waals surface area contributed by atoms with E-state index in [-0.39, 0.29) is 23.7 Å². The number of rotatable bonds is 6. The number of aryl methyl sites for hydroxylation is 2. The van der Waals surface area contributed by atoms with Gasteiger partial charge in [-0.15, -0.1) is 0 Å². The predicted molar refractivity (Wildman–Crippen MR) is 91.6 cm³/mol. The maximum absolute atomic E-state index is 13.1. The van der Waals surface area contributed by atoms with Crippen molar-refractivity contribution in [2.45, 2.75) is 39.7 Å². The van der Waals surface area contributed by atoms with E-state index in [4.69, 9.17) is 0 Å². The highest BCUT2D eigenvalue weighted by Gasteiger charge is 2.18. The molecule has 0 heterocycles. The lowest BCUT2D eigenvalue weighted by Crippen LogP contribution is -2.31. The predicted octanol–water partition coefficient (Wildman–Crippen LogP) is 4.58. The zero-order valence-electron chi connectivity index (χ0n) is 14.0. The summed E-state index contributed by atoms with van der Waals surface area (Å²) in [6.07, 6.45) is 1.17. The minimum absolute atomic E-state index is 0.0219. The standard InChI is InChI=1S/C20H24FNO/c1-14(2)20(17-9-11-18(21)12-10-17)22-19(23)13-8-16-6-4-15(3)5-7-16/h4-7,9-12,14,20H,8,13H2,1-3H3,(H,22,23). The first kappa shape index (κ1) is 17.2. The first-order chi connectivity index (χ1) is 11.0. The third-order valence-corrected chi connectivity index (χ3v) is 3.97. The number of benzene rings is 2. The van der Waals surface area contributed by atoms with Crippen LogP contribution in [0, 0.1) is 18.7 Å². The Hall–Kier alpha value is -2.16. The molecule has 2 nitrogen and oxygen atoms in total. The van der Waals surface area contributed by atoms with Crippen molar-refractivity contribution in [2.24, 2.45) is 5.92 Å². The summed E-state index contributed by atoms with van der Waals surface area (Å²) in [5.74, 6) is -0.000611. The zero-order valence-corrected chi connectivity index (χ0v) is 14.0. The number of hydrogen-bond donors (Lipinski definition) is 1. The summed E-state index contributed by atoms with van der Waals surface area (Å²) < 4.78 is 13.1. The molecule has 1 amide bonds. The van der Waals surface area contributed by atoms with Gasteiger partial charge in [-0.1, -0.05) is 55.8 Å². The van der Waals surface area contributed by atoms with Crippen LogP contribution in [0.2, 0.25) is 0 Å². The van der Waals surface area contributed by atoms with Crippen molar-refractivity contribution < 1.29 is 9.18 Å². The summed E-state index contributed by atoms with van der Waals surface area (Å²) in [7, 11) is 0. The van der Waals surface area contributed by atoms with Gasteiger partial charge in [-0.2, -0.15) is 0 Å². The molecule has 0 aliphatic rings. The number of hydrogen-bond acceptors (Lipinski definition) is 1. The summed E-state index contributed by atoms with van der Waals surface area (Å²) >= 11 is 0. The van der Waals surface area contributed by atoms with Crippen molar-refractivity contribution in [1.29, 1.82) is 0 Å². The summed E-state index contributed by atoms with van der Waals surface area (Å²) in [4.78, 5) is 12.3. The van der Waals surface area contributed by atoms with Gasteiger partial charge in [0.1, 0.15) is 5.82 Å². The molecule has 0 bridgehead atoms. The van der Waals surface area contributed by atoms with E-state index in [1.54, 1.807) is 12.1 Å². The Morgan fingerprint density at radius 2 is 1.65 bits per heavy atom. The van der Waals surface area contributed by atoms with Crippen molar-refractivity contribution in [3.05, 3.63) is 71.0 Å². The molecule has 1 N–H and O–H groups in total. The lowest BCUT2D eigenvalue weighted by atomic mass is 9.95.